The number of amides is 4. The average molecular weight is 476 g/mol. The number of piperazine rings is 1. The van der Waals surface area contributed by atoms with Crippen LogP contribution in [0.15, 0.2) is 24.3 Å². The summed E-state index contributed by atoms with van der Waals surface area (Å²) in [5, 5.41) is 6.19. The number of hydrazine groups is 1. The molecule has 10 heteroatoms. The molecule has 188 valence electrons. The minimum atomic E-state index is -0.593. The van der Waals surface area contributed by atoms with Crippen molar-refractivity contribution in [2.45, 2.75) is 45.4 Å². The number of hydrogen-bond donors (Lipinski definition) is 1. The highest BCUT2D eigenvalue weighted by Crippen LogP contribution is 2.30. The zero-order valence-corrected chi connectivity index (χ0v) is 20.8. The first kappa shape index (κ1) is 25.8. The van der Waals surface area contributed by atoms with Gasteiger partial charge in [-0.3, -0.25) is 9.59 Å². The van der Waals surface area contributed by atoms with Gasteiger partial charge in [-0.05, 0) is 30.0 Å². The fraction of sp³-hybridized carbons (Fsp3) is 0.625. The van der Waals surface area contributed by atoms with Crippen molar-refractivity contribution in [3.05, 3.63) is 29.8 Å². The van der Waals surface area contributed by atoms with E-state index in [-0.39, 0.29) is 36.9 Å². The van der Waals surface area contributed by atoms with Crippen molar-refractivity contribution in [3.8, 4) is 5.75 Å². The van der Waals surface area contributed by atoms with Gasteiger partial charge in [0.1, 0.15) is 18.0 Å². The van der Waals surface area contributed by atoms with Crippen LogP contribution in [0.5, 0.6) is 5.75 Å². The number of hydrogen-bond acceptors (Lipinski definition) is 6. The van der Waals surface area contributed by atoms with Gasteiger partial charge in [-0.15, -0.1) is 0 Å². The maximum Gasteiger partial charge on any atom is 0.334 e. The first-order chi connectivity index (χ1) is 16.3. The van der Waals surface area contributed by atoms with Crippen LogP contribution in [0.2, 0.25) is 0 Å². The summed E-state index contributed by atoms with van der Waals surface area (Å²) in [4.78, 5) is 43.3. The standard InChI is InChI=1S/C24H37N5O5/c1-6-17(2)22-23(31)27(12-7-13-33-4)15-20-28(22)21(30)16-26(3)29(20)24(32)25-14-18-8-10-19(34-5)11-9-18/h8-11,17,20,22H,6-7,12-16H2,1-5H3,(H,25,32)/t17?,20-,22-/m0/s1. The summed E-state index contributed by atoms with van der Waals surface area (Å²) in [7, 11) is 4.97. The molecule has 2 heterocycles. The maximum atomic E-state index is 13.4. The molecule has 0 aromatic heterocycles. The van der Waals surface area contributed by atoms with Crippen molar-refractivity contribution in [2.75, 3.05) is 47.5 Å². The van der Waals surface area contributed by atoms with Gasteiger partial charge in [0.25, 0.3) is 0 Å². The largest absolute Gasteiger partial charge is 0.497 e. The van der Waals surface area contributed by atoms with Crippen LogP contribution in [0.1, 0.15) is 32.3 Å². The lowest BCUT2D eigenvalue weighted by Gasteiger charge is -2.55. The Morgan fingerprint density at radius 3 is 2.53 bits per heavy atom. The van der Waals surface area contributed by atoms with Crippen molar-refractivity contribution >= 4 is 17.8 Å². The van der Waals surface area contributed by atoms with E-state index in [0.29, 0.717) is 26.1 Å². The molecule has 1 unspecified atom stereocenters. The molecular formula is C24H37N5O5. The van der Waals surface area contributed by atoms with Crippen molar-refractivity contribution in [3.63, 3.8) is 0 Å². The molecule has 1 aromatic rings. The van der Waals surface area contributed by atoms with Gasteiger partial charge in [0.2, 0.25) is 11.8 Å². The van der Waals surface area contributed by atoms with E-state index in [1.807, 2.05) is 38.1 Å². The molecule has 1 aromatic carbocycles. The zero-order valence-electron chi connectivity index (χ0n) is 20.8. The van der Waals surface area contributed by atoms with Crippen molar-refractivity contribution < 1.29 is 23.9 Å². The van der Waals surface area contributed by atoms with Crippen LogP contribution in [0, 0.1) is 5.92 Å². The number of likely N-dealkylation sites (N-methyl/N-ethyl adjacent to an activating group) is 1. The van der Waals surface area contributed by atoms with Crippen molar-refractivity contribution in [1.82, 2.24) is 25.1 Å². The number of nitrogens with one attached hydrogen (secondary N) is 1. The highest BCUT2D eigenvalue weighted by molar-refractivity contribution is 5.91. The number of urea groups is 1. The zero-order chi connectivity index (χ0) is 24.8. The molecule has 0 radical (unpaired) electrons. The summed E-state index contributed by atoms with van der Waals surface area (Å²) in [5.41, 5.74) is 0.930. The van der Waals surface area contributed by atoms with Crippen molar-refractivity contribution in [2.24, 2.45) is 5.92 Å². The molecular weight excluding hydrogens is 438 g/mol. The number of rotatable bonds is 9. The Morgan fingerprint density at radius 1 is 1.21 bits per heavy atom. The predicted molar refractivity (Wildman–Crippen MR) is 127 cm³/mol. The van der Waals surface area contributed by atoms with E-state index in [1.54, 1.807) is 41.1 Å². The molecule has 0 bridgehead atoms. The van der Waals surface area contributed by atoms with Gasteiger partial charge < -0.3 is 24.6 Å². The summed E-state index contributed by atoms with van der Waals surface area (Å²) in [5.74, 6) is 0.522. The monoisotopic (exact) mass is 475 g/mol. The molecule has 4 amide bonds. The third kappa shape index (κ3) is 5.44. The lowest BCUT2D eigenvalue weighted by Crippen LogP contribution is -2.76. The third-order valence-electron chi connectivity index (χ3n) is 6.64. The molecule has 3 atom stereocenters. The van der Waals surface area contributed by atoms with E-state index in [1.165, 1.54) is 0 Å². The first-order valence-electron chi connectivity index (χ1n) is 11.8. The minimum absolute atomic E-state index is 0.0307. The summed E-state index contributed by atoms with van der Waals surface area (Å²) >= 11 is 0. The van der Waals surface area contributed by atoms with Gasteiger partial charge in [-0.1, -0.05) is 32.4 Å². The van der Waals surface area contributed by atoms with E-state index >= 15 is 0 Å². The second kappa shape index (κ2) is 11.5. The quantitative estimate of drug-likeness (QED) is 0.544. The topological polar surface area (TPSA) is 94.7 Å². The number of nitrogens with zero attached hydrogens (tertiary/aromatic N) is 4. The Bertz CT molecular complexity index is 864. The molecule has 0 aliphatic carbocycles. The van der Waals surface area contributed by atoms with E-state index in [9.17, 15) is 14.4 Å². The molecule has 2 aliphatic heterocycles. The Kier molecular flexibility index (Phi) is 8.73. The molecule has 1 N–H and O–H groups in total. The SMILES string of the molecule is CCC(C)[C@H]1C(=O)N(CCCOC)C[C@H]2N1C(=O)CN(C)N2C(=O)NCc1ccc(OC)cc1. The van der Waals surface area contributed by atoms with Crippen LogP contribution >= 0.6 is 0 Å². The second-order valence-corrected chi connectivity index (χ2v) is 8.91. The van der Waals surface area contributed by atoms with Crippen molar-refractivity contribution in [1.29, 1.82) is 0 Å². The van der Waals surface area contributed by atoms with Crippen LogP contribution in [-0.2, 0) is 20.9 Å². The minimum Gasteiger partial charge on any atom is -0.497 e. The Morgan fingerprint density at radius 2 is 1.91 bits per heavy atom. The van der Waals surface area contributed by atoms with Crippen LogP contribution in [0.25, 0.3) is 0 Å². The van der Waals surface area contributed by atoms with Gasteiger partial charge in [0.05, 0.1) is 20.2 Å². The number of fused-ring (bicyclic) bond motifs is 1. The first-order valence-corrected chi connectivity index (χ1v) is 11.8. The summed E-state index contributed by atoms with van der Waals surface area (Å²) < 4.78 is 10.3. The second-order valence-electron chi connectivity index (χ2n) is 8.91. The van der Waals surface area contributed by atoms with E-state index in [2.05, 4.69) is 5.32 Å². The number of ether oxygens (including phenoxy) is 2. The van der Waals surface area contributed by atoms with E-state index in [0.717, 1.165) is 17.7 Å². The molecule has 0 saturated carbocycles. The Hall–Kier alpha value is -2.85. The average Bonchev–Trinajstić information content (AvgIpc) is 2.83. The molecule has 2 aliphatic rings. The molecule has 2 fully saturated rings. The fourth-order valence-electron chi connectivity index (χ4n) is 4.60. The molecule has 3 rings (SSSR count). The molecule has 0 spiro atoms. The van der Waals surface area contributed by atoms with E-state index < -0.39 is 12.2 Å². The molecule has 34 heavy (non-hydrogen) atoms. The van der Waals surface area contributed by atoms with Gasteiger partial charge in [0.15, 0.2) is 0 Å². The van der Waals surface area contributed by atoms with E-state index in [4.69, 9.17) is 9.47 Å². The van der Waals surface area contributed by atoms with Gasteiger partial charge in [-0.25, -0.2) is 14.8 Å². The van der Waals surface area contributed by atoms with Gasteiger partial charge in [0, 0.05) is 33.9 Å². The van der Waals surface area contributed by atoms with Crippen LogP contribution in [0.3, 0.4) is 0 Å². The Labute approximate surface area is 201 Å². The third-order valence-corrected chi connectivity index (χ3v) is 6.64. The maximum absolute atomic E-state index is 13.4. The smallest absolute Gasteiger partial charge is 0.334 e. The number of carbonyl (C=O) groups excluding carboxylic acids is 3. The summed E-state index contributed by atoms with van der Waals surface area (Å²) in [6, 6.07) is 6.57. The van der Waals surface area contributed by atoms with Gasteiger partial charge in [-0.2, -0.15) is 0 Å². The highest BCUT2D eigenvalue weighted by Gasteiger charge is 2.51. The normalized spacial score (nSPS) is 22.0. The van der Waals surface area contributed by atoms with Crippen LogP contribution in [0.4, 0.5) is 4.79 Å². The highest BCUT2D eigenvalue weighted by atomic mass is 16.5. The lowest BCUT2D eigenvalue weighted by molar-refractivity contribution is -0.190. The number of benzene rings is 1. The number of methoxy groups -OCH3 is 2. The summed E-state index contributed by atoms with van der Waals surface area (Å²) in [6.45, 7) is 5.69. The number of carbonyl (C=O) groups is 3. The van der Waals surface area contributed by atoms with Crippen LogP contribution < -0.4 is 10.1 Å². The fourth-order valence-corrected chi connectivity index (χ4v) is 4.60. The van der Waals surface area contributed by atoms with Gasteiger partial charge >= 0.3 is 6.03 Å². The lowest BCUT2D eigenvalue weighted by atomic mass is 9.92. The summed E-state index contributed by atoms with van der Waals surface area (Å²) in [6.07, 6.45) is 0.870. The molecule has 10 nitrogen and oxygen atoms in total. The van der Waals surface area contributed by atoms with Crippen LogP contribution in [-0.4, -0.2) is 97.4 Å². The molecule has 2 saturated heterocycles. The predicted octanol–water partition coefficient (Wildman–Crippen LogP) is 1.52. The Balaban J connectivity index is 1.82.